The van der Waals surface area contributed by atoms with E-state index >= 15 is 0 Å². The highest BCUT2D eigenvalue weighted by molar-refractivity contribution is 5.92. The SMILES string of the molecule is CCC[C@@H](NNC(=O)c1cnccn1)C(=O)NCCOC. The molecule has 8 nitrogen and oxygen atoms in total. The van der Waals surface area contributed by atoms with E-state index in [9.17, 15) is 9.59 Å². The number of hydrazine groups is 1. The standard InChI is InChI=1S/C13H21N5O3/c1-3-4-10(12(19)16-7-8-21-2)17-18-13(20)11-9-14-5-6-15-11/h5-6,9-10,17H,3-4,7-8H2,1-2H3,(H,16,19)(H,18,20)/t10-/m1/s1. The minimum absolute atomic E-state index is 0.181. The molecule has 1 aromatic rings. The highest BCUT2D eigenvalue weighted by Gasteiger charge is 2.18. The minimum atomic E-state index is -0.507. The molecule has 1 rings (SSSR count). The molecule has 116 valence electrons. The lowest BCUT2D eigenvalue weighted by Crippen LogP contribution is -2.52. The third-order valence-corrected chi connectivity index (χ3v) is 2.66. The van der Waals surface area contributed by atoms with Crippen molar-refractivity contribution >= 4 is 11.8 Å². The summed E-state index contributed by atoms with van der Waals surface area (Å²) in [6.07, 6.45) is 5.66. The molecule has 1 aromatic heterocycles. The Morgan fingerprint density at radius 3 is 2.81 bits per heavy atom. The first-order valence-electron chi connectivity index (χ1n) is 6.77. The van der Waals surface area contributed by atoms with Crippen LogP contribution < -0.4 is 16.2 Å². The Kier molecular flexibility index (Phi) is 7.92. The van der Waals surface area contributed by atoms with Gasteiger partial charge in [-0.25, -0.2) is 10.4 Å². The van der Waals surface area contributed by atoms with E-state index in [1.165, 1.54) is 18.6 Å². The summed E-state index contributed by atoms with van der Waals surface area (Å²) in [7, 11) is 1.56. The van der Waals surface area contributed by atoms with E-state index in [2.05, 4.69) is 26.1 Å². The van der Waals surface area contributed by atoms with Gasteiger partial charge in [0.25, 0.3) is 5.91 Å². The summed E-state index contributed by atoms with van der Waals surface area (Å²) in [6, 6.07) is -0.507. The van der Waals surface area contributed by atoms with Crippen molar-refractivity contribution in [3.63, 3.8) is 0 Å². The maximum Gasteiger partial charge on any atom is 0.285 e. The number of methoxy groups -OCH3 is 1. The van der Waals surface area contributed by atoms with Crippen molar-refractivity contribution in [2.75, 3.05) is 20.3 Å². The third-order valence-electron chi connectivity index (χ3n) is 2.66. The third kappa shape index (κ3) is 6.28. The fraction of sp³-hybridized carbons (Fsp3) is 0.538. The zero-order valence-corrected chi connectivity index (χ0v) is 12.3. The van der Waals surface area contributed by atoms with Crippen LogP contribution in [0.5, 0.6) is 0 Å². The Labute approximate surface area is 123 Å². The predicted molar refractivity (Wildman–Crippen MR) is 76.2 cm³/mol. The lowest BCUT2D eigenvalue weighted by atomic mass is 10.1. The molecule has 21 heavy (non-hydrogen) atoms. The van der Waals surface area contributed by atoms with Gasteiger partial charge < -0.3 is 10.1 Å². The van der Waals surface area contributed by atoms with Crippen molar-refractivity contribution in [2.45, 2.75) is 25.8 Å². The molecule has 1 atom stereocenters. The average molecular weight is 295 g/mol. The van der Waals surface area contributed by atoms with E-state index in [4.69, 9.17) is 4.74 Å². The van der Waals surface area contributed by atoms with Crippen LogP contribution in [-0.2, 0) is 9.53 Å². The van der Waals surface area contributed by atoms with Gasteiger partial charge in [0.05, 0.1) is 12.8 Å². The molecule has 0 saturated heterocycles. The molecule has 0 aromatic carbocycles. The van der Waals surface area contributed by atoms with Crippen LogP contribution in [-0.4, -0.2) is 48.1 Å². The minimum Gasteiger partial charge on any atom is -0.383 e. The van der Waals surface area contributed by atoms with E-state index in [1.54, 1.807) is 7.11 Å². The van der Waals surface area contributed by atoms with Crippen LogP contribution in [0.1, 0.15) is 30.3 Å². The number of aromatic nitrogens is 2. The van der Waals surface area contributed by atoms with Crippen molar-refractivity contribution in [1.82, 2.24) is 26.1 Å². The second-order valence-electron chi connectivity index (χ2n) is 4.31. The van der Waals surface area contributed by atoms with Crippen LogP contribution in [0.15, 0.2) is 18.6 Å². The van der Waals surface area contributed by atoms with Crippen LogP contribution >= 0.6 is 0 Å². The number of ether oxygens (including phenoxy) is 1. The molecule has 0 saturated carbocycles. The Morgan fingerprint density at radius 1 is 1.38 bits per heavy atom. The van der Waals surface area contributed by atoms with E-state index in [0.29, 0.717) is 19.6 Å². The maximum atomic E-state index is 11.9. The molecule has 0 aliphatic carbocycles. The molecule has 0 radical (unpaired) electrons. The van der Waals surface area contributed by atoms with Gasteiger partial charge in [-0.1, -0.05) is 13.3 Å². The van der Waals surface area contributed by atoms with Crippen molar-refractivity contribution in [3.8, 4) is 0 Å². The smallest absolute Gasteiger partial charge is 0.285 e. The number of amides is 2. The molecule has 0 aliphatic heterocycles. The van der Waals surface area contributed by atoms with Gasteiger partial charge in [-0.05, 0) is 6.42 Å². The number of nitrogens with zero attached hydrogens (tertiary/aromatic N) is 2. The Bertz CT molecular complexity index is 441. The summed E-state index contributed by atoms with van der Waals surface area (Å²) in [5.41, 5.74) is 5.38. The number of rotatable bonds is 9. The first-order chi connectivity index (χ1) is 10.2. The number of hydrogen-bond donors (Lipinski definition) is 3. The first kappa shape index (κ1) is 17.0. The topological polar surface area (TPSA) is 105 Å². The van der Waals surface area contributed by atoms with Crippen molar-refractivity contribution in [3.05, 3.63) is 24.3 Å². The first-order valence-corrected chi connectivity index (χ1v) is 6.77. The van der Waals surface area contributed by atoms with Crippen molar-refractivity contribution in [2.24, 2.45) is 0 Å². The molecule has 1 heterocycles. The molecule has 2 amide bonds. The van der Waals surface area contributed by atoms with Gasteiger partial charge in [0, 0.05) is 26.0 Å². The normalized spacial score (nSPS) is 11.7. The Hall–Kier alpha value is -2.06. The molecule has 0 aliphatic rings. The highest BCUT2D eigenvalue weighted by atomic mass is 16.5. The largest absolute Gasteiger partial charge is 0.383 e. The summed E-state index contributed by atoms with van der Waals surface area (Å²) in [5.74, 6) is -0.623. The Balaban J connectivity index is 2.46. The molecule has 0 bridgehead atoms. The molecule has 0 spiro atoms. The summed E-state index contributed by atoms with van der Waals surface area (Å²) < 4.78 is 4.87. The molecular weight excluding hydrogens is 274 g/mol. The van der Waals surface area contributed by atoms with Gasteiger partial charge in [-0.2, -0.15) is 0 Å². The monoisotopic (exact) mass is 295 g/mol. The maximum absolute atomic E-state index is 11.9. The van der Waals surface area contributed by atoms with E-state index in [0.717, 1.165) is 6.42 Å². The highest BCUT2D eigenvalue weighted by Crippen LogP contribution is 1.96. The van der Waals surface area contributed by atoms with Gasteiger partial charge in [-0.15, -0.1) is 0 Å². The van der Waals surface area contributed by atoms with Crippen molar-refractivity contribution in [1.29, 1.82) is 0 Å². The second-order valence-corrected chi connectivity index (χ2v) is 4.31. The number of carbonyl (C=O) groups excluding carboxylic acids is 2. The number of nitrogens with one attached hydrogen (secondary N) is 3. The predicted octanol–water partition coefficient (Wildman–Crippen LogP) is -0.358. The van der Waals surface area contributed by atoms with Gasteiger partial charge in [-0.3, -0.25) is 20.0 Å². The van der Waals surface area contributed by atoms with E-state index in [-0.39, 0.29) is 11.6 Å². The van der Waals surface area contributed by atoms with Crippen LogP contribution in [0.2, 0.25) is 0 Å². The van der Waals surface area contributed by atoms with Gasteiger partial charge in [0.1, 0.15) is 11.7 Å². The lowest BCUT2D eigenvalue weighted by Gasteiger charge is -2.18. The average Bonchev–Trinajstić information content (AvgIpc) is 2.52. The second kappa shape index (κ2) is 9.78. The van der Waals surface area contributed by atoms with Crippen LogP contribution in [0.3, 0.4) is 0 Å². The molecule has 8 heteroatoms. The number of carbonyl (C=O) groups is 2. The van der Waals surface area contributed by atoms with Crippen LogP contribution in [0.4, 0.5) is 0 Å². The van der Waals surface area contributed by atoms with Crippen LogP contribution in [0, 0.1) is 0 Å². The summed E-state index contributed by atoms with van der Waals surface area (Å²) in [4.78, 5) is 31.4. The van der Waals surface area contributed by atoms with Gasteiger partial charge in [0.2, 0.25) is 5.91 Å². The summed E-state index contributed by atoms with van der Waals surface area (Å²) >= 11 is 0. The van der Waals surface area contributed by atoms with E-state index in [1.807, 2.05) is 6.92 Å². The van der Waals surface area contributed by atoms with Gasteiger partial charge >= 0.3 is 0 Å². The molecular formula is C13H21N5O3. The fourth-order valence-electron chi connectivity index (χ4n) is 1.59. The van der Waals surface area contributed by atoms with Crippen molar-refractivity contribution < 1.29 is 14.3 Å². The van der Waals surface area contributed by atoms with Crippen LogP contribution in [0.25, 0.3) is 0 Å². The molecule has 3 N–H and O–H groups in total. The zero-order chi connectivity index (χ0) is 15.5. The lowest BCUT2D eigenvalue weighted by molar-refractivity contribution is -0.123. The summed E-state index contributed by atoms with van der Waals surface area (Å²) in [6.45, 7) is 2.83. The van der Waals surface area contributed by atoms with E-state index < -0.39 is 11.9 Å². The number of hydrogen-bond acceptors (Lipinski definition) is 6. The fourth-order valence-corrected chi connectivity index (χ4v) is 1.59. The van der Waals surface area contributed by atoms with Gasteiger partial charge in [0.15, 0.2) is 0 Å². The molecule has 0 unspecified atom stereocenters. The Morgan fingerprint density at radius 2 is 2.19 bits per heavy atom. The molecule has 0 fully saturated rings. The quantitative estimate of drug-likeness (QED) is 0.424. The summed E-state index contributed by atoms with van der Waals surface area (Å²) in [5, 5.41) is 2.73. The zero-order valence-electron chi connectivity index (χ0n) is 12.3.